The summed E-state index contributed by atoms with van der Waals surface area (Å²) in [4.78, 5) is 10.8. The van der Waals surface area contributed by atoms with Gasteiger partial charge in [0.15, 0.2) is 11.5 Å². The molecule has 0 aliphatic carbocycles. The third kappa shape index (κ3) is 1.89. The van der Waals surface area contributed by atoms with Crippen molar-refractivity contribution in [3.8, 4) is 17.1 Å². The van der Waals surface area contributed by atoms with Gasteiger partial charge < -0.3 is 10.2 Å². The van der Waals surface area contributed by atoms with Gasteiger partial charge in [0.25, 0.3) is 0 Å². The van der Waals surface area contributed by atoms with Gasteiger partial charge in [-0.15, -0.1) is 10.2 Å². The quantitative estimate of drug-likeness (QED) is 0.729. The number of aromatic hydroxyl groups is 1. The van der Waals surface area contributed by atoms with Crippen LogP contribution in [0.2, 0.25) is 0 Å². The summed E-state index contributed by atoms with van der Waals surface area (Å²) in [5.41, 5.74) is 1.54. The maximum atomic E-state index is 10.8. The van der Waals surface area contributed by atoms with Crippen LogP contribution in [0.5, 0.6) is 5.75 Å². The summed E-state index contributed by atoms with van der Waals surface area (Å²) in [5.74, 6) is -0.325. The summed E-state index contributed by atoms with van der Waals surface area (Å²) in [6.07, 6.45) is 1.51. The van der Waals surface area contributed by atoms with Gasteiger partial charge in [-0.1, -0.05) is 12.1 Å². The lowest BCUT2D eigenvalue weighted by atomic mass is 10.1. The molecule has 0 aliphatic rings. The largest absolute Gasteiger partial charge is 0.506 e. The molecule has 0 radical (unpaired) electrons. The van der Waals surface area contributed by atoms with Crippen LogP contribution in [-0.2, 0) is 0 Å². The molecule has 2 aromatic heterocycles. The first-order chi connectivity index (χ1) is 9.15. The molecule has 1 aromatic carbocycles. The fourth-order valence-corrected chi connectivity index (χ4v) is 1.84. The van der Waals surface area contributed by atoms with E-state index < -0.39 is 5.97 Å². The summed E-state index contributed by atoms with van der Waals surface area (Å²) >= 11 is 0. The lowest BCUT2D eigenvalue weighted by molar-refractivity contribution is 0.0697. The Hall–Kier alpha value is -2.89. The van der Waals surface area contributed by atoms with E-state index in [1.54, 1.807) is 22.6 Å². The highest BCUT2D eigenvalue weighted by Crippen LogP contribution is 2.21. The van der Waals surface area contributed by atoms with Gasteiger partial charge in [0, 0.05) is 5.56 Å². The topological polar surface area (TPSA) is 87.7 Å². The van der Waals surface area contributed by atoms with Crippen molar-refractivity contribution in [1.29, 1.82) is 0 Å². The number of carbonyl (C=O) groups is 1. The summed E-state index contributed by atoms with van der Waals surface area (Å²) in [5, 5.41) is 26.3. The molecule has 94 valence electrons. The molecule has 0 aliphatic heterocycles. The number of rotatable bonds is 2. The van der Waals surface area contributed by atoms with Crippen molar-refractivity contribution in [3.63, 3.8) is 0 Å². The zero-order valence-corrected chi connectivity index (χ0v) is 9.69. The minimum Gasteiger partial charge on any atom is -0.506 e. The van der Waals surface area contributed by atoms with Crippen LogP contribution >= 0.6 is 0 Å². The molecule has 0 saturated carbocycles. The minimum absolute atomic E-state index is 0.107. The van der Waals surface area contributed by atoms with Crippen LogP contribution in [-0.4, -0.2) is 30.8 Å². The maximum absolute atomic E-state index is 10.8. The first-order valence-electron chi connectivity index (χ1n) is 5.52. The van der Waals surface area contributed by atoms with Crippen LogP contribution in [0.4, 0.5) is 0 Å². The number of carboxylic acids is 1. The summed E-state index contributed by atoms with van der Waals surface area (Å²) in [7, 11) is 0. The highest BCUT2D eigenvalue weighted by atomic mass is 16.4. The standard InChI is InChI=1S/C13H9N3O3/c17-10-5-6-11-14-15-12(16(11)7-10)8-1-3-9(4-2-8)13(18)19/h1-7,17H,(H,18,19). The molecule has 0 bridgehead atoms. The Kier molecular flexibility index (Phi) is 2.42. The molecule has 3 aromatic rings. The van der Waals surface area contributed by atoms with Gasteiger partial charge in [-0.2, -0.15) is 0 Å². The molecular weight excluding hydrogens is 246 g/mol. The van der Waals surface area contributed by atoms with Crippen LogP contribution in [0.25, 0.3) is 17.0 Å². The van der Waals surface area contributed by atoms with Crippen LogP contribution in [0.1, 0.15) is 10.4 Å². The number of nitrogens with zero attached hydrogens (tertiary/aromatic N) is 3. The van der Waals surface area contributed by atoms with E-state index in [-0.39, 0.29) is 11.3 Å². The van der Waals surface area contributed by atoms with E-state index in [1.807, 2.05) is 0 Å². The molecule has 19 heavy (non-hydrogen) atoms. The van der Waals surface area contributed by atoms with Gasteiger partial charge in [-0.3, -0.25) is 4.40 Å². The fourth-order valence-electron chi connectivity index (χ4n) is 1.84. The summed E-state index contributed by atoms with van der Waals surface area (Å²) < 4.78 is 1.64. The highest BCUT2D eigenvalue weighted by Gasteiger charge is 2.09. The third-order valence-corrected chi connectivity index (χ3v) is 2.78. The number of benzene rings is 1. The molecule has 2 N–H and O–H groups in total. The molecule has 0 atom stereocenters. The molecule has 2 heterocycles. The van der Waals surface area contributed by atoms with Crippen molar-refractivity contribution in [1.82, 2.24) is 14.6 Å². The summed E-state index contributed by atoms with van der Waals surface area (Å²) in [6.45, 7) is 0. The molecular formula is C13H9N3O3. The predicted octanol–water partition coefficient (Wildman–Crippen LogP) is 1.80. The van der Waals surface area contributed by atoms with Crippen molar-refractivity contribution >= 4 is 11.6 Å². The van der Waals surface area contributed by atoms with Gasteiger partial charge in [-0.25, -0.2) is 4.79 Å². The van der Waals surface area contributed by atoms with Crippen LogP contribution in [0.15, 0.2) is 42.6 Å². The number of carboxylic acid groups (broad SMARTS) is 1. The van der Waals surface area contributed by atoms with Crippen molar-refractivity contribution in [2.24, 2.45) is 0 Å². The van der Waals surface area contributed by atoms with Gasteiger partial charge in [0.1, 0.15) is 5.75 Å². The second kappa shape index (κ2) is 4.09. The predicted molar refractivity (Wildman–Crippen MR) is 67.0 cm³/mol. The Labute approximate surface area is 107 Å². The number of aromatic nitrogens is 3. The Morgan fingerprint density at radius 3 is 2.47 bits per heavy atom. The second-order valence-corrected chi connectivity index (χ2v) is 4.02. The van der Waals surface area contributed by atoms with Crippen LogP contribution in [0.3, 0.4) is 0 Å². The molecule has 6 nitrogen and oxygen atoms in total. The van der Waals surface area contributed by atoms with Gasteiger partial charge in [0.2, 0.25) is 0 Å². The number of aromatic carboxylic acids is 1. The Balaban J connectivity index is 2.13. The van der Waals surface area contributed by atoms with Crippen molar-refractivity contribution < 1.29 is 15.0 Å². The fraction of sp³-hybridized carbons (Fsp3) is 0. The van der Waals surface area contributed by atoms with Crippen molar-refractivity contribution in [2.75, 3.05) is 0 Å². The monoisotopic (exact) mass is 255 g/mol. The van der Waals surface area contributed by atoms with E-state index in [4.69, 9.17) is 5.11 Å². The third-order valence-electron chi connectivity index (χ3n) is 2.78. The van der Waals surface area contributed by atoms with E-state index in [1.165, 1.54) is 24.4 Å². The first-order valence-corrected chi connectivity index (χ1v) is 5.52. The Morgan fingerprint density at radius 2 is 1.79 bits per heavy atom. The SMILES string of the molecule is O=C(O)c1ccc(-c2nnc3ccc(O)cn23)cc1. The zero-order chi connectivity index (χ0) is 13.4. The Bertz CT molecular complexity index is 762. The van der Waals surface area contributed by atoms with Crippen LogP contribution < -0.4 is 0 Å². The first kappa shape index (κ1) is 11.2. The lowest BCUT2D eigenvalue weighted by Crippen LogP contribution is -1.96. The number of pyridine rings is 1. The second-order valence-electron chi connectivity index (χ2n) is 4.02. The van der Waals surface area contributed by atoms with E-state index in [0.717, 1.165) is 5.56 Å². The summed E-state index contributed by atoms with van der Waals surface area (Å²) in [6, 6.07) is 9.50. The average Bonchev–Trinajstić information content (AvgIpc) is 2.81. The minimum atomic E-state index is -0.977. The normalized spacial score (nSPS) is 10.7. The number of hydrogen-bond acceptors (Lipinski definition) is 4. The van der Waals surface area contributed by atoms with E-state index >= 15 is 0 Å². The van der Waals surface area contributed by atoms with E-state index in [9.17, 15) is 9.90 Å². The lowest BCUT2D eigenvalue weighted by Gasteiger charge is -2.01. The van der Waals surface area contributed by atoms with Crippen molar-refractivity contribution in [3.05, 3.63) is 48.2 Å². The van der Waals surface area contributed by atoms with E-state index in [0.29, 0.717) is 11.5 Å². The van der Waals surface area contributed by atoms with Crippen molar-refractivity contribution in [2.45, 2.75) is 0 Å². The zero-order valence-electron chi connectivity index (χ0n) is 9.69. The van der Waals surface area contributed by atoms with Gasteiger partial charge >= 0.3 is 5.97 Å². The highest BCUT2D eigenvalue weighted by molar-refractivity contribution is 5.88. The molecule has 0 unspecified atom stereocenters. The van der Waals surface area contributed by atoms with E-state index in [2.05, 4.69) is 10.2 Å². The van der Waals surface area contributed by atoms with Crippen LogP contribution in [0, 0.1) is 0 Å². The van der Waals surface area contributed by atoms with Gasteiger partial charge in [-0.05, 0) is 24.3 Å². The molecule has 0 amide bonds. The molecule has 0 fully saturated rings. The number of hydrogen-bond donors (Lipinski definition) is 2. The number of fused-ring (bicyclic) bond motifs is 1. The average molecular weight is 255 g/mol. The molecule has 3 rings (SSSR count). The Morgan fingerprint density at radius 1 is 1.05 bits per heavy atom. The van der Waals surface area contributed by atoms with Gasteiger partial charge in [0.05, 0.1) is 11.8 Å². The molecule has 0 saturated heterocycles. The molecule has 6 heteroatoms. The molecule has 0 spiro atoms. The smallest absolute Gasteiger partial charge is 0.335 e. The maximum Gasteiger partial charge on any atom is 0.335 e.